The van der Waals surface area contributed by atoms with Gasteiger partial charge in [0.25, 0.3) is 50.6 Å². The number of esters is 1. The first-order chi connectivity index (χ1) is 37.1. The van der Waals surface area contributed by atoms with Crippen molar-refractivity contribution in [3.8, 4) is 0 Å². The van der Waals surface area contributed by atoms with E-state index in [0.29, 0.717) is 33.9 Å². The first-order valence-electron chi connectivity index (χ1n) is 25.1. The standard InChI is InChI=1S/C49H67N5O21S6/c1-7-75-44(55)11-8-22-52(6)80(70,71)36-14-16-40-38(30-36)47(2,3)42(53(40)23-9-25-76(58,59)60)18-12-34-29-35(33-49(32-34,45(56)50-20-27-78(64,65)66)46(57)51-21-28-79(67,68)69)13-19-43-48(4,5)39-31-37(81(72,73)74)15-17-41(39)54(43)24-10-26-77(61,62)63/h12-19,29-31H,7-11,20-28,32-33H2,1-6H3,(H6-,50,51,56,57,58,59,60,61,62,63,64,65,66,67,68,69,72,73,74)/p+1. The molecule has 0 saturated carbocycles. The van der Waals surface area contributed by atoms with Crippen LogP contribution in [0.2, 0.25) is 0 Å². The molecule has 0 bridgehead atoms. The van der Waals surface area contributed by atoms with E-state index in [-0.39, 0.29) is 68.0 Å². The summed E-state index contributed by atoms with van der Waals surface area (Å²) in [7, 11) is -25.9. The van der Waals surface area contributed by atoms with Gasteiger partial charge in [-0.25, -0.2) is 12.7 Å². The molecule has 0 aromatic heterocycles. The summed E-state index contributed by atoms with van der Waals surface area (Å²) in [6, 6.07) is 8.09. The van der Waals surface area contributed by atoms with Gasteiger partial charge >= 0.3 is 5.97 Å². The van der Waals surface area contributed by atoms with E-state index in [9.17, 15) is 87.7 Å². The van der Waals surface area contributed by atoms with Gasteiger partial charge in [0.05, 0.1) is 44.8 Å². The molecular weight excluding hydrogens is 1190 g/mol. The quantitative estimate of drug-likeness (QED) is 0.0292. The van der Waals surface area contributed by atoms with Gasteiger partial charge < -0.3 is 20.3 Å². The maximum Gasteiger partial charge on any atom is 0.305 e. The molecule has 32 heteroatoms. The zero-order valence-corrected chi connectivity index (χ0v) is 50.1. The Morgan fingerprint density at radius 2 is 1.25 bits per heavy atom. The molecule has 0 fully saturated rings. The molecule has 1 aliphatic carbocycles. The Morgan fingerprint density at radius 1 is 0.691 bits per heavy atom. The van der Waals surface area contributed by atoms with Crippen LogP contribution in [0.15, 0.2) is 93.4 Å². The first-order valence-corrected chi connectivity index (χ1v) is 34.4. The second-order valence-electron chi connectivity index (χ2n) is 20.7. The maximum atomic E-state index is 14.6. The zero-order chi connectivity index (χ0) is 61.0. The van der Waals surface area contributed by atoms with E-state index in [2.05, 4.69) is 10.6 Å². The van der Waals surface area contributed by atoms with Crippen LogP contribution in [-0.2, 0) is 90.6 Å². The number of benzene rings is 2. The molecule has 2 aromatic carbocycles. The Hall–Kier alpha value is -5.26. The van der Waals surface area contributed by atoms with E-state index in [4.69, 9.17) is 4.74 Å². The minimum atomic E-state index is -4.73. The monoisotopic (exact) mass is 1250 g/mol. The first kappa shape index (κ1) is 66.5. The Morgan fingerprint density at radius 3 is 1.80 bits per heavy atom. The van der Waals surface area contributed by atoms with Crippen LogP contribution in [0.1, 0.15) is 84.3 Å². The van der Waals surface area contributed by atoms with Gasteiger partial charge in [-0.1, -0.05) is 32.1 Å². The molecule has 0 saturated heterocycles. The van der Waals surface area contributed by atoms with Crippen molar-refractivity contribution in [3.63, 3.8) is 0 Å². The predicted molar refractivity (Wildman–Crippen MR) is 298 cm³/mol. The Kier molecular flexibility index (Phi) is 20.8. The number of ether oxygens (including phenoxy) is 1. The number of carbonyl (C=O) groups excluding carboxylic acids is 3. The number of nitrogens with one attached hydrogen (secondary N) is 2. The minimum absolute atomic E-state index is 0.0334. The van der Waals surface area contributed by atoms with Crippen molar-refractivity contribution in [3.05, 3.63) is 94.7 Å². The number of rotatable bonds is 27. The fourth-order valence-corrected chi connectivity index (χ4v) is 13.4. The molecule has 2 heterocycles. The van der Waals surface area contributed by atoms with Gasteiger partial charge in [-0.3, -0.25) is 37.1 Å². The largest absolute Gasteiger partial charge is 0.466 e. The van der Waals surface area contributed by atoms with Crippen LogP contribution >= 0.6 is 0 Å². The number of fused-ring (bicyclic) bond motifs is 2. The van der Waals surface area contributed by atoms with Crippen molar-refractivity contribution in [1.82, 2.24) is 14.9 Å². The van der Waals surface area contributed by atoms with Crippen molar-refractivity contribution in [2.75, 3.05) is 74.3 Å². The van der Waals surface area contributed by atoms with Crippen LogP contribution in [0.4, 0.5) is 11.4 Å². The summed E-state index contributed by atoms with van der Waals surface area (Å²) in [5.74, 6) is -6.02. The highest BCUT2D eigenvalue weighted by Crippen LogP contribution is 2.50. The number of sulfonamides is 1. The lowest BCUT2D eigenvalue weighted by Crippen LogP contribution is -2.53. The summed E-state index contributed by atoms with van der Waals surface area (Å²) in [5, 5.41) is 4.74. The number of hydrogen-bond donors (Lipinski definition) is 7. The minimum Gasteiger partial charge on any atom is -0.466 e. The van der Waals surface area contributed by atoms with Gasteiger partial charge in [-0.15, -0.1) is 0 Å². The number of allylic oxidation sites excluding steroid dienone is 8. The van der Waals surface area contributed by atoms with Gasteiger partial charge in [-0.05, 0) is 99.6 Å². The molecule has 81 heavy (non-hydrogen) atoms. The van der Waals surface area contributed by atoms with Crippen molar-refractivity contribution in [2.45, 2.75) is 93.8 Å². The van der Waals surface area contributed by atoms with Crippen molar-refractivity contribution < 1.29 is 97.0 Å². The smallest absolute Gasteiger partial charge is 0.305 e. The fourth-order valence-electron chi connectivity index (χ4n) is 9.94. The molecular formula is C49H68N5O21S6+. The van der Waals surface area contributed by atoms with Gasteiger partial charge in [0, 0.05) is 80.6 Å². The molecule has 7 N–H and O–H groups in total. The van der Waals surface area contributed by atoms with Crippen LogP contribution in [0, 0.1) is 5.41 Å². The highest BCUT2D eigenvalue weighted by Gasteiger charge is 2.50. The average Bonchev–Trinajstić information content (AvgIpc) is 3.67. The molecule has 0 radical (unpaired) electrons. The normalized spacial score (nSPS) is 18.3. The van der Waals surface area contributed by atoms with E-state index in [0.717, 1.165) is 10.4 Å². The van der Waals surface area contributed by atoms with Crippen LogP contribution in [0.25, 0.3) is 0 Å². The lowest BCUT2D eigenvalue weighted by molar-refractivity contribution is -0.437. The van der Waals surface area contributed by atoms with E-state index in [1.54, 1.807) is 62.3 Å². The molecule has 0 atom stereocenters. The summed E-state index contributed by atoms with van der Waals surface area (Å²) in [6.07, 6.45) is 6.53. The summed E-state index contributed by atoms with van der Waals surface area (Å²) in [4.78, 5) is 42.3. The summed E-state index contributed by atoms with van der Waals surface area (Å²) >= 11 is 0. The molecule has 2 amide bonds. The zero-order valence-electron chi connectivity index (χ0n) is 45.2. The highest BCUT2D eigenvalue weighted by molar-refractivity contribution is 7.89. The number of carbonyl (C=O) groups is 3. The third kappa shape index (κ3) is 17.2. The Labute approximate surface area is 472 Å². The topological polar surface area (TPSA) is 400 Å². The van der Waals surface area contributed by atoms with E-state index in [1.165, 1.54) is 49.5 Å². The Balaban J connectivity index is 1.73. The second kappa shape index (κ2) is 25.3. The summed E-state index contributed by atoms with van der Waals surface area (Å²) in [6.45, 7) is 7.08. The lowest BCUT2D eigenvalue weighted by Gasteiger charge is -2.35. The highest BCUT2D eigenvalue weighted by atomic mass is 32.2. The molecule has 26 nitrogen and oxygen atoms in total. The maximum absolute atomic E-state index is 14.6. The van der Waals surface area contributed by atoms with Crippen LogP contribution in [0.3, 0.4) is 0 Å². The number of anilines is 1. The predicted octanol–water partition coefficient (Wildman–Crippen LogP) is 2.71. The van der Waals surface area contributed by atoms with E-state index in [1.807, 2.05) is 0 Å². The molecule has 2 aliphatic heterocycles. The Bertz CT molecular complexity index is 3630. The van der Waals surface area contributed by atoms with Gasteiger partial charge in [0.15, 0.2) is 5.71 Å². The third-order valence-electron chi connectivity index (χ3n) is 13.9. The van der Waals surface area contributed by atoms with Crippen LogP contribution in [-0.4, -0.2) is 175 Å². The van der Waals surface area contributed by atoms with Crippen LogP contribution in [0.5, 0.6) is 0 Å². The molecule has 3 aliphatic rings. The molecule has 5 rings (SSSR count). The SMILES string of the molecule is CCOC(=O)CCCN(C)S(=O)(=O)c1ccc2c(c1)C(C)(C)/C(=C\C=C1C=C(/C=C/C3=[N+](CCCS(=O)(=O)O)c4ccc(S(=O)(=O)O)cc4C3(C)C)CC(C(=O)NCCS(=O)(=O)O)(C(=O)NCCS(=O)(=O)O)C\1)N2CCCS(=O)(=O)O. The average molecular weight is 1260 g/mol. The van der Waals surface area contributed by atoms with E-state index >= 15 is 0 Å². The number of nitrogens with zero attached hydrogens (tertiary/aromatic N) is 3. The van der Waals surface area contributed by atoms with Gasteiger partial charge in [0.2, 0.25) is 27.5 Å². The number of hydrogen-bond acceptors (Lipinski definition) is 17. The molecule has 0 spiro atoms. The van der Waals surface area contributed by atoms with E-state index < -0.39 is 148 Å². The summed E-state index contributed by atoms with van der Waals surface area (Å²) in [5.41, 5.74) is -1.70. The van der Waals surface area contributed by atoms with Gasteiger partial charge in [0.1, 0.15) is 12.0 Å². The molecule has 2 aromatic rings. The molecule has 0 unspecified atom stereocenters. The fraction of sp³-hybridized carbons (Fsp3) is 0.510. The van der Waals surface area contributed by atoms with Gasteiger partial charge in [-0.2, -0.15) is 46.7 Å². The van der Waals surface area contributed by atoms with Crippen molar-refractivity contribution >= 4 is 95.5 Å². The van der Waals surface area contributed by atoms with Crippen LogP contribution < -0.4 is 15.5 Å². The molecule has 450 valence electrons. The van der Waals surface area contributed by atoms with Crippen molar-refractivity contribution in [1.29, 1.82) is 0 Å². The lowest BCUT2D eigenvalue weighted by atomic mass is 9.70. The third-order valence-corrected chi connectivity index (χ3v) is 19.7. The summed E-state index contributed by atoms with van der Waals surface area (Å²) < 4.78 is 203. The number of amides is 2. The van der Waals surface area contributed by atoms with Crippen molar-refractivity contribution in [2.24, 2.45) is 5.41 Å². The second-order valence-corrected chi connectivity index (χ2v) is 30.4.